The van der Waals surface area contributed by atoms with E-state index in [9.17, 15) is 4.79 Å². The minimum absolute atomic E-state index is 0.335. The van der Waals surface area contributed by atoms with Crippen molar-refractivity contribution in [1.82, 2.24) is 15.0 Å². The summed E-state index contributed by atoms with van der Waals surface area (Å²) in [5, 5.41) is 2.19. The number of para-hydroxylation sites is 2. The Kier molecular flexibility index (Phi) is 8.39. The van der Waals surface area contributed by atoms with E-state index in [2.05, 4.69) is 57.4 Å². The van der Waals surface area contributed by atoms with Crippen LogP contribution in [0.5, 0.6) is 0 Å². The highest BCUT2D eigenvalue weighted by Gasteiger charge is 2.26. The molecule has 6 nitrogen and oxygen atoms in total. The summed E-state index contributed by atoms with van der Waals surface area (Å²) in [5.74, 6) is 0.195. The Morgan fingerprint density at radius 3 is 1.94 bits per heavy atom. The van der Waals surface area contributed by atoms with Gasteiger partial charge in [-0.1, -0.05) is 91.0 Å². The molecular weight excluding hydrogens is 580 g/mol. The fourth-order valence-electron chi connectivity index (χ4n) is 6.07. The average Bonchev–Trinajstić information content (AvgIpc) is 3.98. The summed E-state index contributed by atoms with van der Waals surface area (Å²) in [6, 6.07) is 38.7. The molecule has 2 N–H and O–H groups in total. The Morgan fingerprint density at radius 2 is 1.32 bits per heavy atom. The van der Waals surface area contributed by atoms with E-state index in [-0.39, 0.29) is 5.97 Å². The van der Waals surface area contributed by atoms with Crippen molar-refractivity contribution in [3.8, 4) is 22.3 Å². The Hall–Kier alpha value is -5.88. The van der Waals surface area contributed by atoms with E-state index in [4.69, 9.17) is 10.5 Å². The van der Waals surface area contributed by atoms with E-state index in [1.807, 2.05) is 85.2 Å². The molecular formula is C41H34N4O2. The van der Waals surface area contributed by atoms with Crippen molar-refractivity contribution in [1.29, 1.82) is 0 Å². The van der Waals surface area contributed by atoms with Crippen molar-refractivity contribution in [3.05, 3.63) is 156 Å². The molecule has 47 heavy (non-hydrogen) atoms. The number of esters is 1. The molecule has 230 valence electrons. The molecule has 0 bridgehead atoms. The molecule has 0 unspecified atom stereocenters. The number of nitrogen functional groups attached to an aromatic ring is 1. The maximum atomic E-state index is 12.4. The van der Waals surface area contributed by atoms with Crippen molar-refractivity contribution in [2.75, 3.05) is 12.8 Å². The molecule has 4 aromatic carbocycles. The number of hydrogen-bond donors (Lipinski definition) is 1. The Labute approximate surface area is 273 Å². The maximum Gasteiger partial charge on any atom is 0.339 e. The first-order valence-electron chi connectivity index (χ1n) is 15.8. The fraction of sp³-hybridized carbons (Fsp3) is 0.122. The molecule has 1 aliphatic carbocycles. The molecule has 0 aliphatic heterocycles. The molecule has 1 fully saturated rings. The average molecular weight is 615 g/mol. The van der Waals surface area contributed by atoms with Crippen LogP contribution >= 0.6 is 0 Å². The van der Waals surface area contributed by atoms with Gasteiger partial charge in [-0.25, -0.2) is 4.79 Å². The molecule has 0 amide bonds. The smallest absolute Gasteiger partial charge is 0.339 e. The highest BCUT2D eigenvalue weighted by Crippen LogP contribution is 2.40. The Bertz CT molecular complexity index is 2200. The molecule has 0 spiro atoms. The SMILES string of the molecule is COC(=O)c1cc(C2CC2)cnc1Cc1cccc2c(-c3ccccc3)ccnc12.Nc1cccc2c(-c3ccccc3)ccnc12. The lowest BCUT2D eigenvalue weighted by Crippen LogP contribution is -2.09. The maximum absolute atomic E-state index is 12.4. The first kappa shape index (κ1) is 29.8. The standard InChI is InChI=1S/C26H22N2O2.C15H12N2/c1-30-26(29)23-14-20(17-10-11-17)16-28-24(23)15-19-8-5-9-22-21(12-13-27-25(19)22)18-6-3-2-4-7-18;16-14-8-4-7-13-12(9-10-17-15(13)14)11-5-2-1-3-6-11/h2-9,12-14,16-17H,10-11,15H2,1H3;1-10H,16H2. The van der Waals surface area contributed by atoms with Crippen LogP contribution in [0.4, 0.5) is 5.69 Å². The van der Waals surface area contributed by atoms with Crippen LogP contribution in [0.3, 0.4) is 0 Å². The van der Waals surface area contributed by atoms with Crippen molar-refractivity contribution in [2.45, 2.75) is 25.2 Å². The van der Waals surface area contributed by atoms with Gasteiger partial charge in [0.2, 0.25) is 0 Å². The molecule has 0 radical (unpaired) electrons. The van der Waals surface area contributed by atoms with Crippen LogP contribution in [-0.2, 0) is 11.2 Å². The number of aromatic nitrogens is 3. The number of carbonyl (C=O) groups is 1. The third-order valence-corrected chi connectivity index (χ3v) is 8.63. The Balaban J connectivity index is 0.000000174. The van der Waals surface area contributed by atoms with Gasteiger partial charge >= 0.3 is 5.97 Å². The zero-order chi connectivity index (χ0) is 32.2. The van der Waals surface area contributed by atoms with Crippen LogP contribution < -0.4 is 5.73 Å². The van der Waals surface area contributed by atoms with E-state index in [0.29, 0.717) is 17.9 Å². The number of pyridine rings is 3. The highest BCUT2D eigenvalue weighted by molar-refractivity contribution is 6.00. The number of benzene rings is 4. The molecule has 7 aromatic rings. The van der Waals surface area contributed by atoms with Crippen molar-refractivity contribution < 1.29 is 9.53 Å². The van der Waals surface area contributed by atoms with Gasteiger partial charge in [-0.2, -0.15) is 0 Å². The summed E-state index contributed by atoms with van der Waals surface area (Å²) < 4.78 is 5.04. The first-order valence-corrected chi connectivity index (χ1v) is 15.8. The van der Waals surface area contributed by atoms with Crippen LogP contribution in [0.2, 0.25) is 0 Å². The van der Waals surface area contributed by atoms with Gasteiger partial charge in [0, 0.05) is 35.8 Å². The van der Waals surface area contributed by atoms with Crippen LogP contribution in [-0.4, -0.2) is 28.0 Å². The van der Waals surface area contributed by atoms with Gasteiger partial charge in [0.25, 0.3) is 0 Å². The summed E-state index contributed by atoms with van der Waals surface area (Å²) >= 11 is 0. The molecule has 0 saturated heterocycles. The largest absolute Gasteiger partial charge is 0.465 e. The molecule has 0 atom stereocenters. The number of fused-ring (bicyclic) bond motifs is 2. The van der Waals surface area contributed by atoms with Gasteiger partial charge in [0.1, 0.15) is 0 Å². The first-order chi connectivity index (χ1) is 23.1. The number of nitrogens with two attached hydrogens (primary N) is 1. The number of rotatable bonds is 6. The van der Waals surface area contributed by atoms with E-state index < -0.39 is 0 Å². The number of ether oxygens (including phenoxy) is 1. The van der Waals surface area contributed by atoms with Gasteiger partial charge in [0.15, 0.2) is 0 Å². The number of methoxy groups -OCH3 is 1. The predicted octanol–water partition coefficient (Wildman–Crippen LogP) is 9.04. The van der Waals surface area contributed by atoms with Crippen molar-refractivity contribution in [3.63, 3.8) is 0 Å². The number of nitrogens with zero attached hydrogens (tertiary/aromatic N) is 3. The second-order valence-electron chi connectivity index (χ2n) is 11.7. The lowest BCUT2D eigenvalue weighted by atomic mass is 9.96. The normalized spacial score (nSPS) is 12.4. The summed E-state index contributed by atoms with van der Waals surface area (Å²) in [5.41, 5.74) is 16.6. The van der Waals surface area contributed by atoms with Gasteiger partial charge in [-0.3, -0.25) is 15.0 Å². The van der Waals surface area contributed by atoms with Crippen LogP contribution in [0.1, 0.15) is 45.9 Å². The minimum Gasteiger partial charge on any atom is -0.465 e. The third kappa shape index (κ3) is 6.31. The molecule has 1 saturated carbocycles. The second-order valence-corrected chi connectivity index (χ2v) is 11.7. The van der Waals surface area contributed by atoms with E-state index in [1.54, 1.807) is 6.20 Å². The van der Waals surface area contributed by atoms with Crippen molar-refractivity contribution >= 4 is 33.5 Å². The second kappa shape index (κ2) is 13.2. The summed E-state index contributed by atoms with van der Waals surface area (Å²) in [4.78, 5) is 26.1. The van der Waals surface area contributed by atoms with Crippen LogP contribution in [0, 0.1) is 0 Å². The van der Waals surface area contributed by atoms with Gasteiger partial charge < -0.3 is 10.5 Å². The van der Waals surface area contributed by atoms with E-state index in [1.165, 1.54) is 18.2 Å². The molecule has 1 aliphatic rings. The van der Waals surface area contributed by atoms with Crippen LogP contribution in [0.25, 0.3) is 44.1 Å². The summed E-state index contributed by atoms with van der Waals surface area (Å²) in [7, 11) is 1.42. The lowest BCUT2D eigenvalue weighted by Gasteiger charge is -2.12. The van der Waals surface area contributed by atoms with Gasteiger partial charge in [-0.15, -0.1) is 0 Å². The topological polar surface area (TPSA) is 91.0 Å². The minimum atomic E-state index is -0.335. The van der Waals surface area contributed by atoms with Crippen molar-refractivity contribution in [2.24, 2.45) is 0 Å². The molecule has 3 heterocycles. The monoisotopic (exact) mass is 614 g/mol. The van der Waals surface area contributed by atoms with E-state index in [0.717, 1.165) is 68.3 Å². The van der Waals surface area contributed by atoms with Crippen LogP contribution in [0.15, 0.2) is 134 Å². The van der Waals surface area contributed by atoms with E-state index >= 15 is 0 Å². The molecule has 8 rings (SSSR count). The predicted molar refractivity (Wildman–Crippen MR) is 189 cm³/mol. The fourth-order valence-corrected chi connectivity index (χ4v) is 6.07. The lowest BCUT2D eigenvalue weighted by molar-refractivity contribution is 0.0599. The number of anilines is 1. The zero-order valence-electron chi connectivity index (χ0n) is 26.1. The zero-order valence-corrected chi connectivity index (χ0v) is 26.1. The highest BCUT2D eigenvalue weighted by atomic mass is 16.5. The number of carbonyl (C=O) groups excluding carboxylic acids is 1. The Morgan fingerprint density at radius 1 is 0.723 bits per heavy atom. The summed E-state index contributed by atoms with van der Waals surface area (Å²) in [6.45, 7) is 0. The summed E-state index contributed by atoms with van der Waals surface area (Å²) in [6.07, 6.45) is 8.42. The third-order valence-electron chi connectivity index (χ3n) is 8.63. The molecule has 6 heteroatoms. The molecule has 3 aromatic heterocycles. The van der Waals surface area contributed by atoms with Gasteiger partial charge in [0.05, 0.1) is 35.1 Å². The van der Waals surface area contributed by atoms with Gasteiger partial charge in [-0.05, 0) is 76.4 Å². The quantitative estimate of drug-likeness (QED) is 0.148. The number of hydrogen-bond acceptors (Lipinski definition) is 6.